The lowest BCUT2D eigenvalue weighted by molar-refractivity contribution is 0.585. The van der Waals surface area contributed by atoms with Crippen LogP contribution in [0.5, 0.6) is 0 Å². The molecule has 0 radical (unpaired) electrons. The molecule has 1 aromatic heterocycles. The van der Waals surface area contributed by atoms with Crippen molar-refractivity contribution in [3.8, 4) is 0 Å². The van der Waals surface area contributed by atoms with Gasteiger partial charge in [0, 0.05) is 14.1 Å². The summed E-state index contributed by atoms with van der Waals surface area (Å²) in [4.78, 5) is 4.07. The Morgan fingerprint density at radius 2 is 2.00 bits per heavy atom. The Kier molecular flexibility index (Phi) is 3.74. The van der Waals surface area contributed by atoms with Gasteiger partial charge in [-0.25, -0.2) is 13.4 Å². The van der Waals surface area contributed by atoms with Crippen LogP contribution in [-0.4, -0.2) is 32.7 Å². The van der Waals surface area contributed by atoms with Gasteiger partial charge in [0.15, 0.2) is 0 Å². The molecule has 0 fully saturated rings. The van der Waals surface area contributed by atoms with E-state index in [9.17, 15) is 8.42 Å². The maximum Gasteiger partial charge on any atom is 0.237 e. The lowest BCUT2D eigenvalue weighted by atomic mass is 10.4. The molecule has 0 atom stereocenters. The standard InChI is InChI=1S/C10H17N3O2S/c1-8(2)16(14,15)13(4)9-5-6-10(11-3)12-7-9/h5-8H,1-4H3,(H,11,12). The molecule has 0 amide bonds. The van der Waals surface area contributed by atoms with Gasteiger partial charge in [0.1, 0.15) is 5.82 Å². The van der Waals surface area contributed by atoms with Crippen LogP contribution in [0.3, 0.4) is 0 Å². The summed E-state index contributed by atoms with van der Waals surface area (Å²) in [5.41, 5.74) is 0.563. The largest absolute Gasteiger partial charge is 0.373 e. The summed E-state index contributed by atoms with van der Waals surface area (Å²) in [6.07, 6.45) is 1.53. The van der Waals surface area contributed by atoms with Crippen LogP contribution in [-0.2, 0) is 10.0 Å². The molecular formula is C10H17N3O2S. The van der Waals surface area contributed by atoms with Gasteiger partial charge >= 0.3 is 0 Å². The molecule has 0 aromatic carbocycles. The number of hydrogen-bond acceptors (Lipinski definition) is 4. The van der Waals surface area contributed by atoms with Gasteiger partial charge in [0.2, 0.25) is 10.0 Å². The van der Waals surface area contributed by atoms with E-state index < -0.39 is 15.3 Å². The molecule has 0 aliphatic heterocycles. The van der Waals surface area contributed by atoms with Crippen LogP contribution in [0.1, 0.15) is 13.8 Å². The number of nitrogens with one attached hydrogen (secondary N) is 1. The Bertz CT molecular complexity index is 440. The third-order valence-corrected chi connectivity index (χ3v) is 4.51. The number of aromatic nitrogens is 1. The summed E-state index contributed by atoms with van der Waals surface area (Å²) in [5, 5.41) is 2.43. The molecule has 6 heteroatoms. The quantitative estimate of drug-likeness (QED) is 0.865. The first-order chi connectivity index (χ1) is 7.39. The van der Waals surface area contributed by atoms with Crippen LogP contribution in [0.25, 0.3) is 0 Å². The van der Waals surface area contributed by atoms with E-state index in [2.05, 4.69) is 10.3 Å². The predicted molar refractivity (Wildman–Crippen MR) is 66.2 cm³/mol. The van der Waals surface area contributed by atoms with Gasteiger partial charge in [0.05, 0.1) is 17.1 Å². The summed E-state index contributed by atoms with van der Waals surface area (Å²) in [7, 11) is 0.0170. The van der Waals surface area contributed by atoms with Crippen LogP contribution in [0.2, 0.25) is 0 Å². The topological polar surface area (TPSA) is 62.3 Å². The third-order valence-electron chi connectivity index (χ3n) is 2.35. The number of sulfonamides is 1. The van der Waals surface area contributed by atoms with Crippen molar-refractivity contribution in [1.82, 2.24) is 4.98 Å². The van der Waals surface area contributed by atoms with Crippen LogP contribution in [0, 0.1) is 0 Å². The normalized spacial score (nSPS) is 11.6. The van der Waals surface area contributed by atoms with Crippen molar-refractivity contribution in [1.29, 1.82) is 0 Å². The van der Waals surface area contributed by atoms with Gasteiger partial charge in [-0.2, -0.15) is 0 Å². The molecule has 0 aliphatic rings. The number of pyridine rings is 1. The first-order valence-electron chi connectivity index (χ1n) is 5.01. The highest BCUT2D eigenvalue weighted by Crippen LogP contribution is 2.18. The van der Waals surface area contributed by atoms with Crippen LogP contribution >= 0.6 is 0 Å². The maximum absolute atomic E-state index is 11.9. The van der Waals surface area contributed by atoms with Crippen LogP contribution < -0.4 is 9.62 Å². The maximum atomic E-state index is 11.9. The Balaban J connectivity index is 3.01. The van der Waals surface area contributed by atoms with Gasteiger partial charge in [-0.1, -0.05) is 0 Å². The van der Waals surface area contributed by atoms with Gasteiger partial charge in [-0.05, 0) is 26.0 Å². The minimum Gasteiger partial charge on any atom is -0.373 e. The van der Waals surface area contributed by atoms with Gasteiger partial charge in [0.25, 0.3) is 0 Å². The van der Waals surface area contributed by atoms with Crippen LogP contribution in [0.4, 0.5) is 11.5 Å². The van der Waals surface area contributed by atoms with Crippen molar-refractivity contribution in [3.63, 3.8) is 0 Å². The van der Waals surface area contributed by atoms with E-state index in [1.165, 1.54) is 17.5 Å². The van der Waals surface area contributed by atoms with Crippen molar-refractivity contribution in [3.05, 3.63) is 18.3 Å². The predicted octanol–water partition coefficient (Wildman–Crippen LogP) is 1.30. The van der Waals surface area contributed by atoms with E-state index in [0.29, 0.717) is 11.5 Å². The molecule has 1 heterocycles. The Labute approximate surface area is 96.5 Å². The van der Waals surface area contributed by atoms with Crippen molar-refractivity contribution in [2.45, 2.75) is 19.1 Å². The minimum absolute atomic E-state index is 0.443. The highest BCUT2D eigenvalue weighted by atomic mass is 32.2. The highest BCUT2D eigenvalue weighted by molar-refractivity contribution is 7.93. The molecule has 1 aromatic rings. The fourth-order valence-electron chi connectivity index (χ4n) is 1.18. The summed E-state index contributed by atoms with van der Waals surface area (Å²) in [5.74, 6) is 0.707. The second kappa shape index (κ2) is 4.69. The fraction of sp³-hybridized carbons (Fsp3) is 0.500. The molecule has 5 nitrogen and oxygen atoms in total. The number of nitrogens with zero attached hydrogens (tertiary/aromatic N) is 2. The first-order valence-corrected chi connectivity index (χ1v) is 6.51. The summed E-state index contributed by atoms with van der Waals surface area (Å²) in [6.45, 7) is 3.31. The van der Waals surface area contributed by atoms with E-state index in [0.717, 1.165) is 0 Å². The van der Waals surface area contributed by atoms with E-state index >= 15 is 0 Å². The highest BCUT2D eigenvalue weighted by Gasteiger charge is 2.22. The van der Waals surface area contributed by atoms with Crippen molar-refractivity contribution in [2.75, 3.05) is 23.7 Å². The lowest BCUT2D eigenvalue weighted by Crippen LogP contribution is -2.33. The van der Waals surface area contributed by atoms with Crippen molar-refractivity contribution in [2.24, 2.45) is 0 Å². The Hall–Kier alpha value is -1.30. The molecule has 0 spiro atoms. The SMILES string of the molecule is CNc1ccc(N(C)S(=O)(=O)C(C)C)cn1. The molecule has 1 N–H and O–H groups in total. The summed E-state index contributed by atoms with van der Waals surface area (Å²) < 4.78 is 25.0. The number of rotatable bonds is 4. The van der Waals surface area contributed by atoms with Gasteiger partial charge in [-0.3, -0.25) is 4.31 Å². The van der Waals surface area contributed by atoms with Gasteiger partial charge in [-0.15, -0.1) is 0 Å². The fourth-order valence-corrected chi connectivity index (χ4v) is 2.22. The van der Waals surface area contributed by atoms with Crippen molar-refractivity contribution < 1.29 is 8.42 Å². The molecule has 90 valence electrons. The van der Waals surface area contributed by atoms with E-state index in [1.54, 1.807) is 33.0 Å². The Morgan fingerprint density at radius 3 is 2.38 bits per heavy atom. The molecule has 0 saturated carbocycles. The monoisotopic (exact) mass is 243 g/mol. The molecule has 16 heavy (non-hydrogen) atoms. The molecule has 0 unspecified atom stereocenters. The summed E-state index contributed by atoms with van der Waals surface area (Å²) in [6, 6.07) is 3.46. The molecule has 0 bridgehead atoms. The Morgan fingerprint density at radius 1 is 1.38 bits per heavy atom. The first kappa shape index (κ1) is 12.8. The third kappa shape index (κ3) is 2.44. The molecule has 1 rings (SSSR count). The smallest absolute Gasteiger partial charge is 0.237 e. The average molecular weight is 243 g/mol. The molecule has 0 saturated heterocycles. The second-order valence-electron chi connectivity index (χ2n) is 3.71. The summed E-state index contributed by atoms with van der Waals surface area (Å²) >= 11 is 0. The second-order valence-corrected chi connectivity index (χ2v) is 6.23. The number of hydrogen-bond donors (Lipinski definition) is 1. The van der Waals surface area contributed by atoms with E-state index in [-0.39, 0.29) is 0 Å². The zero-order chi connectivity index (χ0) is 12.3. The average Bonchev–Trinajstić information content (AvgIpc) is 2.28. The zero-order valence-electron chi connectivity index (χ0n) is 9.93. The minimum atomic E-state index is -3.28. The van der Waals surface area contributed by atoms with Crippen molar-refractivity contribution >= 4 is 21.5 Å². The van der Waals surface area contributed by atoms with E-state index in [1.807, 2.05) is 0 Å². The lowest BCUT2D eigenvalue weighted by Gasteiger charge is -2.21. The zero-order valence-corrected chi connectivity index (χ0v) is 10.7. The number of anilines is 2. The van der Waals surface area contributed by atoms with E-state index in [4.69, 9.17) is 0 Å². The molecule has 0 aliphatic carbocycles. The van der Waals surface area contributed by atoms with Gasteiger partial charge < -0.3 is 5.32 Å². The van der Waals surface area contributed by atoms with Crippen LogP contribution in [0.15, 0.2) is 18.3 Å². The molecular weight excluding hydrogens is 226 g/mol.